The number of ether oxygens (including phenoxy) is 1. The van der Waals surface area contributed by atoms with E-state index in [4.69, 9.17) is 4.74 Å². The summed E-state index contributed by atoms with van der Waals surface area (Å²) in [5, 5.41) is 0. The summed E-state index contributed by atoms with van der Waals surface area (Å²) in [4.78, 5) is 4.24. The van der Waals surface area contributed by atoms with Crippen molar-refractivity contribution in [3.05, 3.63) is 34.7 Å². The summed E-state index contributed by atoms with van der Waals surface area (Å²) in [6, 6.07) is 3.93. The molecule has 0 aliphatic carbocycles. The van der Waals surface area contributed by atoms with E-state index >= 15 is 0 Å². The van der Waals surface area contributed by atoms with Crippen molar-refractivity contribution in [2.45, 2.75) is 6.61 Å². The molecule has 2 aromatic rings. The molecule has 0 spiro atoms. The highest BCUT2D eigenvalue weighted by Gasteiger charge is 2.01. The molecule has 0 aliphatic heterocycles. The fourth-order valence-electron chi connectivity index (χ4n) is 1.26. The first-order chi connectivity index (χ1) is 6.31. The number of imidazole rings is 1. The van der Waals surface area contributed by atoms with Gasteiger partial charge in [0.2, 0.25) is 0 Å². The van der Waals surface area contributed by atoms with Crippen LogP contribution in [0.3, 0.4) is 0 Å². The summed E-state index contributed by atoms with van der Waals surface area (Å²) in [5.74, 6) is 0. The van der Waals surface area contributed by atoms with Crippen molar-refractivity contribution in [1.29, 1.82) is 0 Å². The lowest BCUT2D eigenvalue weighted by atomic mass is 10.4. The first kappa shape index (κ1) is 8.72. The minimum absolute atomic E-state index is 0.581. The van der Waals surface area contributed by atoms with Gasteiger partial charge in [0.15, 0.2) is 0 Å². The van der Waals surface area contributed by atoms with E-state index in [2.05, 4.69) is 20.9 Å². The molecule has 4 heteroatoms. The lowest BCUT2D eigenvalue weighted by Gasteiger charge is -2.00. The molecule has 2 rings (SSSR count). The van der Waals surface area contributed by atoms with E-state index < -0.39 is 0 Å². The number of pyridine rings is 1. The Hall–Kier alpha value is -0.870. The van der Waals surface area contributed by atoms with Crippen molar-refractivity contribution in [3.8, 4) is 0 Å². The van der Waals surface area contributed by atoms with Crippen molar-refractivity contribution in [2.24, 2.45) is 0 Å². The molecule has 0 unspecified atom stereocenters. The van der Waals surface area contributed by atoms with Crippen LogP contribution in [0, 0.1) is 0 Å². The van der Waals surface area contributed by atoms with Gasteiger partial charge in [0.1, 0.15) is 5.65 Å². The summed E-state index contributed by atoms with van der Waals surface area (Å²) in [7, 11) is 1.68. The van der Waals surface area contributed by atoms with Gasteiger partial charge in [0, 0.05) is 17.8 Å². The van der Waals surface area contributed by atoms with Crippen molar-refractivity contribution >= 4 is 21.6 Å². The topological polar surface area (TPSA) is 26.5 Å². The number of hydrogen-bond donors (Lipinski definition) is 0. The Morgan fingerprint density at radius 1 is 1.54 bits per heavy atom. The molecule has 0 radical (unpaired) electrons. The zero-order valence-corrected chi connectivity index (χ0v) is 8.78. The number of aromatic nitrogens is 2. The number of methoxy groups -OCH3 is 1. The number of hydrogen-bond acceptors (Lipinski definition) is 2. The molecule has 0 fully saturated rings. The van der Waals surface area contributed by atoms with Crippen LogP contribution in [-0.4, -0.2) is 16.5 Å². The lowest BCUT2D eigenvalue weighted by molar-refractivity contribution is 0.181. The van der Waals surface area contributed by atoms with Gasteiger partial charge in [0.05, 0.1) is 18.5 Å². The molecule has 0 bridgehead atoms. The van der Waals surface area contributed by atoms with E-state index in [-0.39, 0.29) is 0 Å². The highest BCUT2D eigenvalue weighted by atomic mass is 79.9. The van der Waals surface area contributed by atoms with Crippen molar-refractivity contribution in [1.82, 2.24) is 9.38 Å². The van der Waals surface area contributed by atoms with Crippen LogP contribution in [0.5, 0.6) is 0 Å². The van der Waals surface area contributed by atoms with Gasteiger partial charge in [-0.15, -0.1) is 0 Å². The monoisotopic (exact) mass is 240 g/mol. The van der Waals surface area contributed by atoms with E-state index in [0.717, 1.165) is 15.8 Å². The smallest absolute Gasteiger partial charge is 0.137 e. The maximum atomic E-state index is 5.06. The van der Waals surface area contributed by atoms with Crippen molar-refractivity contribution < 1.29 is 4.74 Å². The maximum Gasteiger partial charge on any atom is 0.137 e. The predicted octanol–water partition coefficient (Wildman–Crippen LogP) is 2.24. The van der Waals surface area contributed by atoms with Crippen LogP contribution in [0.4, 0.5) is 0 Å². The van der Waals surface area contributed by atoms with Crippen molar-refractivity contribution in [2.75, 3.05) is 7.11 Å². The minimum atomic E-state index is 0.581. The van der Waals surface area contributed by atoms with Gasteiger partial charge in [0.25, 0.3) is 0 Å². The van der Waals surface area contributed by atoms with Gasteiger partial charge in [-0.2, -0.15) is 0 Å². The molecule has 2 aromatic heterocycles. The second-order valence-corrected chi connectivity index (χ2v) is 3.67. The third kappa shape index (κ3) is 1.59. The fraction of sp³-hybridized carbons (Fsp3) is 0.222. The van der Waals surface area contributed by atoms with Gasteiger partial charge < -0.3 is 9.14 Å². The molecule has 0 aromatic carbocycles. The van der Waals surface area contributed by atoms with Crippen LogP contribution in [0.15, 0.2) is 29.0 Å². The van der Waals surface area contributed by atoms with Gasteiger partial charge in [-0.1, -0.05) is 0 Å². The highest BCUT2D eigenvalue weighted by Crippen LogP contribution is 2.13. The maximum absolute atomic E-state index is 5.06. The van der Waals surface area contributed by atoms with E-state index in [1.54, 1.807) is 7.11 Å². The molecule has 13 heavy (non-hydrogen) atoms. The zero-order chi connectivity index (χ0) is 9.26. The predicted molar refractivity (Wildman–Crippen MR) is 53.6 cm³/mol. The number of nitrogens with zero attached hydrogens (tertiary/aromatic N) is 2. The van der Waals surface area contributed by atoms with Crippen LogP contribution in [0.1, 0.15) is 5.69 Å². The van der Waals surface area contributed by atoms with Crippen LogP contribution in [0.25, 0.3) is 5.65 Å². The Balaban J connectivity index is 2.58. The van der Waals surface area contributed by atoms with E-state index in [0.29, 0.717) is 6.61 Å². The normalized spacial score (nSPS) is 10.9. The molecular formula is C9H9BrN2O. The van der Waals surface area contributed by atoms with Crippen LogP contribution in [0.2, 0.25) is 0 Å². The summed E-state index contributed by atoms with van der Waals surface area (Å²) < 4.78 is 8.10. The second kappa shape index (κ2) is 3.47. The van der Waals surface area contributed by atoms with E-state index in [1.165, 1.54) is 0 Å². The number of fused-ring (bicyclic) bond motifs is 1. The Morgan fingerprint density at radius 2 is 2.38 bits per heavy atom. The summed E-state index contributed by atoms with van der Waals surface area (Å²) in [5.41, 5.74) is 1.99. The Labute approximate surface area is 84.5 Å². The van der Waals surface area contributed by atoms with E-state index in [9.17, 15) is 0 Å². The molecule has 0 N–H and O–H groups in total. The molecule has 68 valence electrons. The highest BCUT2D eigenvalue weighted by molar-refractivity contribution is 9.10. The summed E-state index contributed by atoms with van der Waals surface area (Å²) >= 11 is 3.41. The van der Waals surface area contributed by atoms with Crippen LogP contribution >= 0.6 is 15.9 Å². The van der Waals surface area contributed by atoms with Gasteiger partial charge in [-0.05, 0) is 28.1 Å². The molecule has 0 amide bonds. The SMILES string of the molecule is COCc1cnc2ccc(Br)cn12. The number of rotatable bonds is 2. The Bertz CT molecular complexity index is 424. The molecule has 2 heterocycles. The van der Waals surface area contributed by atoms with Gasteiger partial charge >= 0.3 is 0 Å². The molecule has 0 saturated carbocycles. The zero-order valence-electron chi connectivity index (χ0n) is 7.20. The first-order valence-corrected chi connectivity index (χ1v) is 4.71. The third-order valence-corrected chi connectivity index (χ3v) is 2.31. The molecule has 0 aliphatic rings. The average molecular weight is 241 g/mol. The first-order valence-electron chi connectivity index (χ1n) is 3.91. The average Bonchev–Trinajstić information content (AvgIpc) is 2.49. The molecule has 0 saturated heterocycles. The standard InChI is InChI=1S/C9H9BrN2O/c1-13-6-8-4-11-9-3-2-7(10)5-12(8)9/h2-5H,6H2,1H3. The largest absolute Gasteiger partial charge is 0.378 e. The van der Waals surface area contributed by atoms with Gasteiger partial charge in [-0.3, -0.25) is 0 Å². The van der Waals surface area contributed by atoms with Crippen molar-refractivity contribution in [3.63, 3.8) is 0 Å². The summed E-state index contributed by atoms with van der Waals surface area (Å²) in [6.07, 6.45) is 3.81. The van der Waals surface area contributed by atoms with Crippen LogP contribution in [-0.2, 0) is 11.3 Å². The quantitative estimate of drug-likeness (QED) is 0.806. The second-order valence-electron chi connectivity index (χ2n) is 2.76. The third-order valence-electron chi connectivity index (χ3n) is 1.84. The van der Waals surface area contributed by atoms with E-state index in [1.807, 2.05) is 28.9 Å². The van der Waals surface area contributed by atoms with Gasteiger partial charge in [-0.25, -0.2) is 4.98 Å². The summed E-state index contributed by atoms with van der Waals surface area (Å²) in [6.45, 7) is 0.581. The Kier molecular flexibility index (Phi) is 2.33. The Morgan fingerprint density at radius 3 is 3.15 bits per heavy atom. The molecule has 0 atom stereocenters. The van der Waals surface area contributed by atoms with Crippen LogP contribution < -0.4 is 0 Å². The number of halogens is 1. The minimum Gasteiger partial charge on any atom is -0.378 e. The lowest BCUT2D eigenvalue weighted by Crippen LogP contribution is -1.93. The molecular weight excluding hydrogens is 232 g/mol. The molecule has 3 nitrogen and oxygen atoms in total. The fourth-order valence-corrected chi connectivity index (χ4v) is 1.60.